The van der Waals surface area contributed by atoms with Crippen LogP contribution in [0.3, 0.4) is 0 Å². The molecule has 3 aromatic rings. The smallest absolute Gasteiger partial charge is 0.301 e. The van der Waals surface area contributed by atoms with Crippen LogP contribution in [0.25, 0.3) is 16.9 Å². The van der Waals surface area contributed by atoms with Gasteiger partial charge in [0.1, 0.15) is 11.3 Å². The van der Waals surface area contributed by atoms with Gasteiger partial charge in [-0.3, -0.25) is 4.79 Å². The van der Waals surface area contributed by atoms with Gasteiger partial charge in [0.15, 0.2) is 11.5 Å². The highest BCUT2D eigenvalue weighted by Gasteiger charge is 2.15. The van der Waals surface area contributed by atoms with Crippen molar-refractivity contribution in [2.75, 3.05) is 5.32 Å². The van der Waals surface area contributed by atoms with Gasteiger partial charge in [-0.05, 0) is 19.1 Å². The van der Waals surface area contributed by atoms with Gasteiger partial charge in [-0.1, -0.05) is 18.2 Å². The topological polar surface area (TPSA) is 92.7 Å². The number of para-hydroxylation sites is 1. The first-order chi connectivity index (χ1) is 9.70. The molecule has 0 aliphatic rings. The van der Waals surface area contributed by atoms with Gasteiger partial charge in [0.25, 0.3) is 0 Å². The van der Waals surface area contributed by atoms with Crippen molar-refractivity contribution < 1.29 is 4.79 Å². The zero-order valence-corrected chi connectivity index (χ0v) is 10.5. The van der Waals surface area contributed by atoms with Crippen LogP contribution in [-0.4, -0.2) is 25.9 Å². The van der Waals surface area contributed by atoms with E-state index in [9.17, 15) is 9.59 Å². The number of amides is 1. The van der Waals surface area contributed by atoms with Gasteiger partial charge in [-0.2, -0.15) is 0 Å². The highest BCUT2D eigenvalue weighted by atomic mass is 16.1. The highest BCUT2D eigenvalue weighted by Crippen LogP contribution is 2.19. The minimum atomic E-state index is -0.347. The van der Waals surface area contributed by atoms with Crippen LogP contribution in [0.15, 0.2) is 35.1 Å². The molecule has 20 heavy (non-hydrogen) atoms. The number of H-pyrrole nitrogens is 1. The fourth-order valence-electron chi connectivity index (χ4n) is 2.05. The molecule has 1 radical (unpaired) electrons. The molecule has 0 aliphatic heterocycles. The number of aromatic amines is 1. The molecular formula is C13H10N5O2. The lowest BCUT2D eigenvalue weighted by Gasteiger charge is -2.04. The molecule has 0 saturated heterocycles. The van der Waals surface area contributed by atoms with Crippen molar-refractivity contribution in [2.24, 2.45) is 0 Å². The summed E-state index contributed by atoms with van der Waals surface area (Å²) in [6, 6.07) is 9.11. The van der Waals surface area contributed by atoms with Crippen LogP contribution >= 0.6 is 0 Å². The second kappa shape index (κ2) is 4.61. The molecule has 0 saturated carbocycles. The van der Waals surface area contributed by atoms with Gasteiger partial charge in [0.05, 0.1) is 5.69 Å². The summed E-state index contributed by atoms with van der Waals surface area (Å²) < 4.78 is 1.43. The first-order valence-electron chi connectivity index (χ1n) is 5.88. The van der Waals surface area contributed by atoms with Crippen molar-refractivity contribution in [2.45, 2.75) is 6.92 Å². The van der Waals surface area contributed by atoms with Crippen LogP contribution in [0.5, 0.6) is 0 Å². The molecule has 1 aromatic carbocycles. The molecule has 7 nitrogen and oxygen atoms in total. The zero-order valence-electron chi connectivity index (χ0n) is 10.5. The number of rotatable bonds is 3. The Kier molecular flexibility index (Phi) is 2.79. The number of carbonyl (C=O) groups excluding carboxylic acids is 1. The fourth-order valence-corrected chi connectivity index (χ4v) is 2.05. The summed E-state index contributed by atoms with van der Waals surface area (Å²) in [5.74, 6) is 0.674. The number of imidazole rings is 1. The number of nitrogens with one attached hydrogen (secondary N) is 2. The first kappa shape index (κ1) is 12.1. The Morgan fingerprint density at radius 1 is 1.25 bits per heavy atom. The van der Waals surface area contributed by atoms with Crippen LogP contribution in [0.2, 0.25) is 0 Å². The lowest BCUT2D eigenvalue weighted by Crippen LogP contribution is -2.14. The summed E-state index contributed by atoms with van der Waals surface area (Å²) in [5, 5.41) is 2.34. The predicted octanol–water partition coefficient (Wildman–Crippen LogP) is 0.896. The molecule has 2 heterocycles. The maximum absolute atomic E-state index is 12.1. The van der Waals surface area contributed by atoms with E-state index in [0.29, 0.717) is 22.7 Å². The number of nitrogens with zero attached hydrogens (tertiary/aromatic N) is 3. The van der Waals surface area contributed by atoms with Crippen LogP contribution in [0.4, 0.5) is 5.82 Å². The van der Waals surface area contributed by atoms with Gasteiger partial charge in [-0.25, -0.2) is 19.3 Å². The molecule has 0 bridgehead atoms. The normalized spacial score (nSPS) is 10.7. The molecule has 0 aliphatic carbocycles. The van der Waals surface area contributed by atoms with Gasteiger partial charge in [0.2, 0.25) is 0 Å². The molecule has 0 atom stereocenters. The largest absolute Gasteiger partial charge is 0.332 e. The van der Waals surface area contributed by atoms with E-state index in [-0.39, 0.29) is 11.5 Å². The van der Waals surface area contributed by atoms with E-state index in [1.54, 1.807) is 25.5 Å². The SMILES string of the molecule is Cc1nc(N[C]=O)c2[nH]c(=O)n(-c3ccccc3)c2n1. The van der Waals surface area contributed by atoms with Crippen molar-refractivity contribution in [3.05, 3.63) is 46.6 Å². The van der Waals surface area contributed by atoms with Gasteiger partial charge < -0.3 is 10.3 Å². The summed E-state index contributed by atoms with van der Waals surface area (Å²) in [7, 11) is 0. The minimum absolute atomic E-state index is 0.231. The van der Waals surface area contributed by atoms with E-state index >= 15 is 0 Å². The van der Waals surface area contributed by atoms with Gasteiger partial charge in [-0.15, -0.1) is 0 Å². The quantitative estimate of drug-likeness (QED) is 0.690. The number of anilines is 1. The van der Waals surface area contributed by atoms with Crippen LogP contribution in [0, 0.1) is 6.92 Å². The average molecular weight is 268 g/mol. The second-order valence-electron chi connectivity index (χ2n) is 4.15. The molecule has 2 aromatic heterocycles. The zero-order chi connectivity index (χ0) is 14.1. The molecule has 0 fully saturated rings. The van der Waals surface area contributed by atoms with E-state index in [0.717, 1.165) is 0 Å². The number of benzene rings is 1. The summed E-state index contributed by atoms with van der Waals surface area (Å²) in [4.78, 5) is 33.6. The number of aromatic nitrogens is 4. The van der Waals surface area contributed by atoms with Crippen LogP contribution in [-0.2, 0) is 4.79 Å². The monoisotopic (exact) mass is 268 g/mol. The van der Waals surface area contributed by atoms with Crippen molar-refractivity contribution in [3.63, 3.8) is 0 Å². The van der Waals surface area contributed by atoms with Crippen molar-refractivity contribution in [1.29, 1.82) is 0 Å². The molecule has 0 spiro atoms. The Morgan fingerprint density at radius 3 is 2.70 bits per heavy atom. The lowest BCUT2D eigenvalue weighted by molar-refractivity contribution is 0.561. The lowest BCUT2D eigenvalue weighted by atomic mass is 10.3. The highest BCUT2D eigenvalue weighted by molar-refractivity contribution is 5.89. The molecular weight excluding hydrogens is 258 g/mol. The molecule has 7 heteroatoms. The summed E-state index contributed by atoms with van der Waals surface area (Å²) >= 11 is 0. The minimum Gasteiger partial charge on any atom is -0.301 e. The third-order valence-corrected chi connectivity index (χ3v) is 2.83. The standard InChI is InChI=1S/C13H10N5O2/c1-8-15-11(14-7-19)10-12(16-8)18(13(20)17-10)9-5-3-2-4-6-9/h2-6H,1H3,(H,17,20)(H,14,15,16,19). The Morgan fingerprint density at radius 2 is 2.00 bits per heavy atom. The number of hydrogen-bond donors (Lipinski definition) is 2. The summed E-state index contributed by atoms with van der Waals surface area (Å²) in [6.07, 6.45) is 1.55. The summed E-state index contributed by atoms with van der Waals surface area (Å²) in [6.45, 7) is 1.68. The Hall–Kier alpha value is -2.96. The fraction of sp³-hybridized carbons (Fsp3) is 0.0769. The first-order valence-corrected chi connectivity index (χ1v) is 5.88. The Labute approximate surface area is 113 Å². The molecule has 0 unspecified atom stereocenters. The van der Waals surface area contributed by atoms with Gasteiger partial charge in [0, 0.05) is 0 Å². The maximum atomic E-state index is 12.1. The molecule has 99 valence electrons. The summed E-state index contributed by atoms with van der Waals surface area (Å²) in [5.41, 5.74) is 1.11. The molecule has 2 N–H and O–H groups in total. The van der Waals surface area contributed by atoms with Crippen molar-refractivity contribution >= 4 is 23.4 Å². The predicted molar refractivity (Wildman–Crippen MR) is 73.5 cm³/mol. The number of aryl methyl sites for hydroxylation is 1. The molecule has 3 rings (SSSR count). The van der Waals surface area contributed by atoms with Gasteiger partial charge >= 0.3 is 12.1 Å². The maximum Gasteiger partial charge on any atom is 0.332 e. The Balaban J connectivity index is 2.37. The third-order valence-electron chi connectivity index (χ3n) is 2.83. The van der Waals surface area contributed by atoms with E-state index in [4.69, 9.17) is 0 Å². The van der Waals surface area contributed by atoms with E-state index in [1.807, 2.05) is 18.2 Å². The average Bonchev–Trinajstić information content (AvgIpc) is 2.76. The van der Waals surface area contributed by atoms with Crippen LogP contribution < -0.4 is 11.0 Å². The van der Waals surface area contributed by atoms with Crippen molar-refractivity contribution in [3.8, 4) is 5.69 Å². The third kappa shape index (κ3) is 1.85. The number of hydrogen-bond acceptors (Lipinski definition) is 4. The van der Waals surface area contributed by atoms with E-state index < -0.39 is 0 Å². The molecule has 1 amide bonds. The second-order valence-corrected chi connectivity index (χ2v) is 4.15. The number of fused-ring (bicyclic) bond motifs is 1. The van der Waals surface area contributed by atoms with Crippen molar-refractivity contribution in [1.82, 2.24) is 19.5 Å². The van der Waals surface area contributed by atoms with E-state index in [1.165, 1.54) is 4.57 Å². The van der Waals surface area contributed by atoms with Crippen LogP contribution in [0.1, 0.15) is 5.82 Å². The van der Waals surface area contributed by atoms with E-state index in [2.05, 4.69) is 20.3 Å². The Bertz CT molecular complexity index is 835.